The molecule has 7 heteroatoms. The number of aromatic nitrogens is 2. The molecule has 138 valence electrons. The van der Waals surface area contributed by atoms with Crippen LogP contribution in [0.3, 0.4) is 0 Å². The first-order valence-electron chi connectivity index (χ1n) is 8.53. The zero-order valence-corrected chi connectivity index (χ0v) is 15.5. The average Bonchev–Trinajstić information content (AvgIpc) is 2.68. The predicted octanol–water partition coefficient (Wildman–Crippen LogP) is 2.17. The smallest absolute Gasteiger partial charge is 0.262 e. The molecule has 1 unspecified atom stereocenters. The van der Waals surface area contributed by atoms with E-state index in [-0.39, 0.29) is 5.56 Å². The molecule has 1 aromatic heterocycles. The van der Waals surface area contributed by atoms with Gasteiger partial charge >= 0.3 is 0 Å². The molecule has 3 aromatic rings. The minimum Gasteiger partial charge on any atom is -0.378 e. The van der Waals surface area contributed by atoms with Gasteiger partial charge in [-0.1, -0.05) is 24.3 Å². The lowest BCUT2D eigenvalue weighted by Crippen LogP contribution is -2.33. The van der Waals surface area contributed by atoms with Crippen molar-refractivity contribution in [2.75, 3.05) is 19.0 Å². The Hall–Kier alpha value is -3.48. The van der Waals surface area contributed by atoms with Gasteiger partial charge in [-0.05, 0) is 36.8 Å². The zero-order chi connectivity index (χ0) is 19.4. The summed E-state index contributed by atoms with van der Waals surface area (Å²) in [6, 6.07) is 14.1. The van der Waals surface area contributed by atoms with Gasteiger partial charge in [-0.3, -0.25) is 14.2 Å². The van der Waals surface area contributed by atoms with Crippen LogP contribution in [-0.4, -0.2) is 35.8 Å². The first kappa shape index (κ1) is 18.3. The van der Waals surface area contributed by atoms with E-state index in [1.54, 1.807) is 31.3 Å². The van der Waals surface area contributed by atoms with E-state index in [4.69, 9.17) is 0 Å². The Bertz CT molecular complexity index is 1040. The van der Waals surface area contributed by atoms with Crippen LogP contribution in [0.25, 0.3) is 10.9 Å². The van der Waals surface area contributed by atoms with Crippen LogP contribution in [0.15, 0.2) is 64.8 Å². The number of benzene rings is 2. The Morgan fingerprint density at radius 2 is 1.89 bits per heavy atom. The zero-order valence-electron chi connectivity index (χ0n) is 15.5. The summed E-state index contributed by atoms with van der Waals surface area (Å²) in [6.07, 6.45) is 2.95. The fourth-order valence-corrected chi connectivity index (χ4v) is 2.61. The maximum Gasteiger partial charge on any atom is 0.262 e. The molecule has 0 spiro atoms. The monoisotopic (exact) mass is 363 g/mol. The molecule has 0 aliphatic heterocycles. The SMILES string of the molecule is CC(C(=O)N/N=C\c1ccc(N(C)C)cc1)n1cnc2ccccc2c1=O. The molecule has 0 fully saturated rings. The largest absolute Gasteiger partial charge is 0.378 e. The minimum absolute atomic E-state index is 0.258. The second-order valence-corrected chi connectivity index (χ2v) is 6.37. The highest BCUT2D eigenvalue weighted by atomic mass is 16.2. The van der Waals surface area contributed by atoms with Gasteiger partial charge in [0.1, 0.15) is 6.04 Å². The molecule has 1 heterocycles. The Morgan fingerprint density at radius 3 is 2.59 bits per heavy atom. The Morgan fingerprint density at radius 1 is 1.19 bits per heavy atom. The summed E-state index contributed by atoms with van der Waals surface area (Å²) in [7, 11) is 3.93. The van der Waals surface area contributed by atoms with Crippen LogP contribution >= 0.6 is 0 Å². The van der Waals surface area contributed by atoms with Gasteiger partial charge in [0.15, 0.2) is 0 Å². The molecule has 3 rings (SSSR count). The second kappa shape index (κ2) is 7.82. The van der Waals surface area contributed by atoms with Gasteiger partial charge in [-0.25, -0.2) is 10.4 Å². The number of carbonyl (C=O) groups is 1. The molecule has 1 amide bonds. The van der Waals surface area contributed by atoms with Gasteiger partial charge in [0, 0.05) is 19.8 Å². The van der Waals surface area contributed by atoms with E-state index in [0.29, 0.717) is 10.9 Å². The number of nitrogens with one attached hydrogen (secondary N) is 1. The summed E-state index contributed by atoms with van der Waals surface area (Å²) in [5.74, 6) is -0.393. The maximum absolute atomic E-state index is 12.6. The van der Waals surface area contributed by atoms with Gasteiger partial charge in [-0.15, -0.1) is 0 Å². The number of hydrazone groups is 1. The lowest BCUT2D eigenvalue weighted by atomic mass is 10.2. The molecule has 1 N–H and O–H groups in total. The number of rotatable bonds is 5. The third-order valence-electron chi connectivity index (χ3n) is 4.28. The lowest BCUT2D eigenvalue weighted by molar-refractivity contribution is -0.123. The fraction of sp³-hybridized carbons (Fsp3) is 0.200. The van der Waals surface area contributed by atoms with Crippen molar-refractivity contribution in [1.82, 2.24) is 15.0 Å². The molecule has 0 radical (unpaired) electrons. The average molecular weight is 363 g/mol. The Labute approximate surface area is 157 Å². The van der Waals surface area contributed by atoms with E-state index in [2.05, 4.69) is 15.5 Å². The van der Waals surface area contributed by atoms with Crippen LogP contribution in [0.5, 0.6) is 0 Å². The molecule has 0 saturated heterocycles. The number of nitrogens with zero attached hydrogens (tertiary/aromatic N) is 4. The molecule has 0 aliphatic carbocycles. The third-order valence-corrected chi connectivity index (χ3v) is 4.28. The van der Waals surface area contributed by atoms with Gasteiger partial charge in [0.25, 0.3) is 11.5 Å². The molecule has 1 atom stereocenters. The van der Waals surface area contributed by atoms with Crippen molar-refractivity contribution in [3.05, 3.63) is 70.8 Å². The van der Waals surface area contributed by atoms with Crippen LogP contribution in [0.4, 0.5) is 5.69 Å². The highest BCUT2D eigenvalue weighted by molar-refractivity contribution is 5.84. The quantitative estimate of drug-likeness (QED) is 0.557. The van der Waals surface area contributed by atoms with Crippen molar-refractivity contribution in [2.45, 2.75) is 13.0 Å². The maximum atomic E-state index is 12.6. The molecule has 0 aliphatic rings. The van der Waals surface area contributed by atoms with Crippen LogP contribution in [0.1, 0.15) is 18.5 Å². The Kier molecular flexibility index (Phi) is 5.30. The summed E-state index contributed by atoms with van der Waals surface area (Å²) in [6.45, 7) is 1.63. The number of fused-ring (bicyclic) bond motifs is 1. The van der Waals surface area contributed by atoms with E-state index in [1.807, 2.05) is 49.3 Å². The Balaban J connectivity index is 1.71. The van der Waals surface area contributed by atoms with Crippen molar-refractivity contribution in [2.24, 2.45) is 5.10 Å². The number of hydrogen-bond donors (Lipinski definition) is 1. The predicted molar refractivity (Wildman–Crippen MR) is 107 cm³/mol. The van der Waals surface area contributed by atoms with Crippen molar-refractivity contribution in [3.8, 4) is 0 Å². The summed E-state index contributed by atoms with van der Waals surface area (Å²) in [4.78, 5) is 31.1. The molecular formula is C20H21N5O2. The highest BCUT2D eigenvalue weighted by Gasteiger charge is 2.17. The second-order valence-electron chi connectivity index (χ2n) is 6.37. The topological polar surface area (TPSA) is 79.6 Å². The normalized spacial score (nSPS) is 12.3. The number of amides is 1. The summed E-state index contributed by atoms with van der Waals surface area (Å²) < 4.78 is 1.30. The van der Waals surface area contributed by atoms with Crippen molar-refractivity contribution in [3.63, 3.8) is 0 Å². The summed E-state index contributed by atoms with van der Waals surface area (Å²) in [5, 5.41) is 4.46. The number of carbonyl (C=O) groups excluding carboxylic acids is 1. The highest BCUT2D eigenvalue weighted by Crippen LogP contribution is 2.11. The molecule has 7 nitrogen and oxygen atoms in total. The first-order valence-corrected chi connectivity index (χ1v) is 8.53. The van der Waals surface area contributed by atoms with E-state index < -0.39 is 11.9 Å². The standard InChI is InChI=1S/C20H21N5O2/c1-14(25-13-21-18-7-5-4-6-17(18)20(25)27)19(26)23-22-12-15-8-10-16(11-9-15)24(2)3/h4-14H,1-3H3,(H,23,26)/b22-12-. The van der Waals surface area contributed by atoms with Crippen molar-refractivity contribution in [1.29, 1.82) is 0 Å². The molecular weight excluding hydrogens is 342 g/mol. The minimum atomic E-state index is -0.733. The van der Waals surface area contributed by atoms with Gasteiger partial charge in [0.2, 0.25) is 0 Å². The van der Waals surface area contributed by atoms with Crippen LogP contribution in [-0.2, 0) is 4.79 Å². The third kappa shape index (κ3) is 4.03. The number of anilines is 1. The van der Waals surface area contributed by atoms with Gasteiger partial charge in [0.05, 0.1) is 23.4 Å². The van der Waals surface area contributed by atoms with Gasteiger partial charge in [-0.2, -0.15) is 5.10 Å². The summed E-state index contributed by atoms with van der Waals surface area (Å²) >= 11 is 0. The first-order chi connectivity index (χ1) is 13.0. The fourth-order valence-electron chi connectivity index (χ4n) is 2.61. The van der Waals surface area contributed by atoms with Crippen LogP contribution in [0.2, 0.25) is 0 Å². The lowest BCUT2D eigenvalue weighted by Gasteiger charge is -2.13. The van der Waals surface area contributed by atoms with Crippen LogP contribution in [0, 0.1) is 0 Å². The van der Waals surface area contributed by atoms with Gasteiger partial charge < -0.3 is 4.90 Å². The number of para-hydroxylation sites is 1. The van der Waals surface area contributed by atoms with E-state index in [9.17, 15) is 9.59 Å². The molecule has 0 bridgehead atoms. The van der Waals surface area contributed by atoms with Crippen LogP contribution < -0.4 is 15.9 Å². The van der Waals surface area contributed by atoms with E-state index in [1.165, 1.54) is 10.9 Å². The number of hydrogen-bond acceptors (Lipinski definition) is 5. The van der Waals surface area contributed by atoms with Crippen molar-refractivity contribution >= 4 is 28.7 Å². The van der Waals surface area contributed by atoms with E-state index >= 15 is 0 Å². The molecule has 2 aromatic carbocycles. The van der Waals surface area contributed by atoms with Crippen molar-refractivity contribution < 1.29 is 4.79 Å². The van der Waals surface area contributed by atoms with E-state index in [0.717, 1.165) is 11.3 Å². The molecule has 0 saturated carbocycles. The summed E-state index contributed by atoms with van der Waals surface area (Å²) in [5.41, 5.74) is 4.76. The molecule has 27 heavy (non-hydrogen) atoms.